The Hall–Kier alpha value is -9.26. The van der Waals surface area contributed by atoms with Gasteiger partial charge in [0.2, 0.25) is 11.8 Å². The molecule has 0 aromatic heterocycles. The fourth-order valence-corrected chi connectivity index (χ4v) is 19.2. The van der Waals surface area contributed by atoms with E-state index in [9.17, 15) is 74.6 Å². The number of alkyl halides is 17. The minimum atomic E-state index is -6.46. The van der Waals surface area contributed by atoms with Gasteiger partial charge in [0.05, 0.1) is 5.41 Å². The van der Waals surface area contributed by atoms with Crippen molar-refractivity contribution in [2.75, 3.05) is 0 Å². The number of rotatable bonds is 0. The third-order valence-electron chi connectivity index (χ3n) is 22.2. The summed E-state index contributed by atoms with van der Waals surface area (Å²) in [5.41, 5.74) is -7.43. The predicted octanol–water partition coefficient (Wildman–Crippen LogP) is 19.7. The number of fused-ring (bicyclic) bond motifs is 27. The minimum absolute atomic E-state index is 0. The Kier molecular flexibility index (Phi) is 22.5. The standard InChI is InChI=1S/2C13H19.C12H17.C8H7F9.C6H4F8.3C2H6.FH.8Rf/c1-7-4-10-6-11(7)13-9-3-2-8(5-9)12(10)13;1-13-5-4-10(7-13)11-8-2-3-9(6-8)12(11)13;1-2-8-5-7(1)11-9-3-4-10(6-9)12(8)11;1-4(2)3(9)5(10,11)7(14,15)8(16,17)6(4,12)13;1-3(8)2(7)4(9,10)6(13,14)5(3,11)12;3*1-2;;;;;;;;;/h8-13H,2-6H2,1H3;8-9,11-12H,2-7H2,1H3;5,7-12H,1-4,6H2;3H,1-2H3;2H,1H3;3*1-2H3;1H;;;;;;;;/q3*-1;;;;;;;;;;;;;;. The summed E-state index contributed by atoms with van der Waals surface area (Å²) in [6.45, 7) is 16.8. The third-order valence-corrected chi connectivity index (χ3v) is 22.2. The van der Waals surface area contributed by atoms with E-state index in [1.165, 1.54) is 73.0 Å². The normalized spacial score (nSPS) is 44.0. The molecule has 20 unspecified atom stereocenters. The van der Waals surface area contributed by atoms with E-state index in [-0.39, 0.29) is 25.5 Å². The fourth-order valence-electron chi connectivity index (χ4n) is 19.2. The zero-order chi connectivity index (χ0) is 56.6. The third kappa shape index (κ3) is 9.48. The molecule has 462 valence electrons. The van der Waals surface area contributed by atoms with Crippen LogP contribution in [0.2, 0.25) is 0 Å². The van der Waals surface area contributed by atoms with Gasteiger partial charge in [0.15, 0.2) is 6.17 Å². The quantitative estimate of drug-likeness (QED) is 0.129. The molecule has 20 atom stereocenters. The van der Waals surface area contributed by atoms with Gasteiger partial charge in [-0.1, -0.05) is 142 Å². The molecule has 0 heterocycles. The van der Waals surface area contributed by atoms with E-state index in [1.807, 2.05) is 53.4 Å². The molecule has 0 amide bonds. The second-order valence-corrected chi connectivity index (χ2v) is 25.7. The Morgan fingerprint density at radius 2 is 0.798 bits per heavy atom. The van der Waals surface area contributed by atoms with Gasteiger partial charge < -0.3 is 18.3 Å². The van der Waals surface area contributed by atoms with Crippen LogP contribution in [-0.4, -0.2) is 59.5 Å². The molecular weight excluding hydrogens is 3170 g/mol. The molecule has 12 bridgehead atoms. The molecule has 0 radical (unpaired) electrons. The van der Waals surface area contributed by atoms with Gasteiger partial charge in [-0.3, -0.25) is 4.70 Å². The van der Waals surface area contributed by atoms with Crippen LogP contribution in [0.3, 0.4) is 0 Å². The fraction of sp³-hybridized carbons (Fsp3) is 0.948. The van der Waals surface area contributed by atoms with E-state index in [1.54, 1.807) is 77.0 Å². The first-order valence-corrected chi connectivity index (χ1v) is 28.7. The van der Waals surface area contributed by atoms with Crippen LogP contribution >= 0.6 is 0 Å². The van der Waals surface area contributed by atoms with Crippen LogP contribution in [-0.2, 0) is 0 Å². The van der Waals surface area contributed by atoms with E-state index in [0.717, 1.165) is 52.8 Å². The van der Waals surface area contributed by atoms with Crippen molar-refractivity contribution in [3.05, 3.63) is 18.3 Å². The van der Waals surface area contributed by atoms with Crippen LogP contribution in [0.5, 0.6) is 0 Å². The van der Waals surface area contributed by atoms with Crippen molar-refractivity contribution < 1.29 is 79.3 Å². The summed E-state index contributed by atoms with van der Waals surface area (Å²) in [5.74, 6) is -19.5. The van der Waals surface area contributed by atoms with Crippen LogP contribution < -0.4 is 0 Å². The summed E-state index contributed by atoms with van der Waals surface area (Å²) in [6, 6.07) is 0. The molecule has 0 aromatic rings. The molecule has 0 nitrogen and oxygen atoms in total. The maximum atomic E-state index is 13.0. The van der Waals surface area contributed by atoms with Crippen molar-refractivity contribution in [2.45, 2.75) is 238 Å². The van der Waals surface area contributed by atoms with Gasteiger partial charge in [-0.2, -0.15) is 111 Å². The smallest absolute Gasteiger partial charge is 0.322 e. The van der Waals surface area contributed by atoms with Crippen molar-refractivity contribution in [1.29, 1.82) is 0 Å². The second kappa shape index (κ2) is 23.9. The summed E-state index contributed by atoms with van der Waals surface area (Å²) in [5, 5.41) is 0. The molecule has 26 heteroatoms. The summed E-state index contributed by atoms with van der Waals surface area (Å²) in [4.78, 5) is 0. The first-order chi connectivity index (χ1) is 34.6. The molecule has 0 N–H and O–H groups in total. The number of hydrogen-bond donors (Lipinski definition) is 0. The molecule has 14 fully saturated rings. The molecule has 0 aromatic carbocycles. The summed E-state index contributed by atoms with van der Waals surface area (Å²) in [7, 11) is 0. The van der Waals surface area contributed by atoms with Crippen molar-refractivity contribution >= 4 is 0 Å². The molecule has 14 saturated carbocycles. The Morgan fingerprint density at radius 3 is 1.20 bits per heavy atom. The Morgan fingerprint density at radius 1 is 0.417 bits per heavy atom. The maximum absolute atomic E-state index is 13.0. The van der Waals surface area contributed by atoms with E-state index in [2.05, 4.69) is 20.3 Å². The van der Waals surface area contributed by atoms with E-state index >= 15 is 0 Å². The topological polar surface area (TPSA) is 0 Å². The molecule has 0 aliphatic heterocycles. The van der Waals surface area contributed by atoms with Gasteiger partial charge in [0.1, 0.15) is 0 Å². The predicted molar refractivity (Wildman–Crippen MR) is 259 cm³/mol. The van der Waals surface area contributed by atoms with E-state index in [0.29, 0.717) is 0 Å². The Balaban J connectivity index is -0.000000931. The van der Waals surface area contributed by atoms with Crippen LogP contribution in [0.15, 0.2) is 0 Å². The molecule has 14 rings (SSSR count). The first-order valence-electron chi connectivity index (χ1n) is 28.7. The molecule has 14 aliphatic rings. The summed E-state index contributed by atoms with van der Waals surface area (Å²) in [6.07, 6.45) is 19.5. The van der Waals surface area contributed by atoms with E-state index in [4.69, 9.17) is 0 Å². The van der Waals surface area contributed by atoms with Crippen LogP contribution in [0.25, 0.3) is 0 Å². The van der Waals surface area contributed by atoms with Gasteiger partial charge in [0.25, 0.3) is 0 Å². The van der Waals surface area contributed by atoms with E-state index < -0.39 is 64.9 Å². The SMILES string of the molecule is CC.CC.CC.CC1(C)C(F)C(F)(F)C(F)(F)C(F)(F)C1(F)F.CC1(F)C(F)C(F)(F)C(F)(F)C1(F)F.CC12CC[C-](C1)C1C3CCC(C3)C12.C[C-]1CC2CC1C1C3CCC(C3)C21.F.[CH-]1C2CCC1C1C3CCC(C3)C21.[Rf].[Rf].[Rf].[Rf].[Rf].[Rf].[Rf].[Rf]. The van der Waals surface area contributed by atoms with Crippen LogP contribution in [0.1, 0.15) is 179 Å². The first kappa shape index (κ1) is 79.0. The summed E-state index contributed by atoms with van der Waals surface area (Å²) < 4.78 is 214. The zero-order valence-electron chi connectivity index (χ0n) is 51.8. The monoisotopic (exact) mass is 3260 g/mol. The van der Waals surface area contributed by atoms with Crippen LogP contribution in [0, 0.1) is 124 Å². The van der Waals surface area contributed by atoms with Crippen LogP contribution in [0.4, 0.5) is 79.3 Å². The molecule has 0 spiro atoms. The summed E-state index contributed by atoms with van der Waals surface area (Å²) >= 11 is 0. The maximum Gasteiger partial charge on any atom is 0.381 e. The van der Waals surface area contributed by atoms with Gasteiger partial charge in [-0.25, -0.2) is 13.2 Å². The average molecular weight is 3260 g/mol. The largest absolute Gasteiger partial charge is 0.381 e. The molecular formula is C58H85F18Rf8-3. The molecule has 84 heavy (non-hydrogen) atoms. The Labute approximate surface area is 440 Å². The number of hydrogen-bond acceptors (Lipinski definition) is 0. The zero-order valence-corrected chi connectivity index (χ0v) is 103. The van der Waals surface area contributed by atoms with Gasteiger partial charge >= 0.3 is 41.5 Å². The van der Waals surface area contributed by atoms with Gasteiger partial charge in [0, 0.05) is 0 Å². The van der Waals surface area contributed by atoms with Crippen molar-refractivity contribution in [3.63, 3.8) is 0 Å². The van der Waals surface area contributed by atoms with Crippen molar-refractivity contribution in [1.82, 2.24) is 0 Å². The van der Waals surface area contributed by atoms with Crippen molar-refractivity contribution in [3.8, 4) is 0 Å². The van der Waals surface area contributed by atoms with Gasteiger partial charge in [-0.05, 0) is 87.4 Å². The second-order valence-electron chi connectivity index (χ2n) is 25.7. The number of halogens is 18. The Bertz CT molecular complexity index is 1900. The van der Waals surface area contributed by atoms with Gasteiger partial charge in [-0.15, -0.1) is 0 Å². The van der Waals surface area contributed by atoms with Crippen molar-refractivity contribution in [2.24, 2.45) is 106 Å². The average Bonchev–Trinajstić information content (AvgIpc) is 4.21. The minimum Gasteiger partial charge on any atom is -0.322 e. The molecule has 0 saturated heterocycles. The molecule has 14 aliphatic carbocycles.